The summed E-state index contributed by atoms with van der Waals surface area (Å²) in [6, 6.07) is 0. The van der Waals surface area contributed by atoms with Gasteiger partial charge in [0.15, 0.2) is 14.9 Å². The van der Waals surface area contributed by atoms with Gasteiger partial charge in [-0.1, -0.05) is 47.0 Å². The Balaban J connectivity index is 0.000000180. The summed E-state index contributed by atoms with van der Waals surface area (Å²) in [5, 5.41) is 0.722. The van der Waals surface area contributed by atoms with Gasteiger partial charge in [-0.25, -0.2) is 15.0 Å². The van der Waals surface area contributed by atoms with E-state index in [9.17, 15) is 0 Å². The quantitative estimate of drug-likeness (QED) is 0.508. The zero-order valence-corrected chi connectivity index (χ0v) is 11.8. The van der Waals surface area contributed by atoms with Gasteiger partial charge in [-0.2, -0.15) is 0 Å². The number of anilines is 2. The number of halogens is 3. The Labute approximate surface area is 122 Å². The van der Waals surface area contributed by atoms with Crippen molar-refractivity contribution in [1.29, 1.82) is 0 Å². The first kappa shape index (κ1) is 14.9. The highest BCUT2D eigenvalue weighted by Gasteiger charge is 2.00. The number of nitrogens with two attached hydrogens (primary N) is 2. The van der Waals surface area contributed by atoms with Crippen molar-refractivity contribution in [3.8, 4) is 0 Å². The molecule has 6 nitrogen and oxygen atoms in total. The Morgan fingerprint density at radius 1 is 1.00 bits per heavy atom. The largest absolute Gasteiger partial charge is 0.394 e. The van der Waals surface area contributed by atoms with E-state index < -0.39 is 0 Å². The molecule has 0 aliphatic rings. The summed E-state index contributed by atoms with van der Waals surface area (Å²) in [6.07, 6.45) is 2.65. The summed E-state index contributed by atoms with van der Waals surface area (Å²) >= 11 is 21.1. The molecule has 0 aliphatic carbocycles. The third-order valence-electron chi connectivity index (χ3n) is 1.63. The zero-order valence-electron chi connectivity index (χ0n) is 8.69. The van der Waals surface area contributed by atoms with Gasteiger partial charge >= 0.3 is 0 Å². The second-order valence-electron chi connectivity index (χ2n) is 2.80. The minimum Gasteiger partial charge on any atom is -0.394 e. The summed E-state index contributed by atoms with van der Waals surface area (Å²) in [6.45, 7) is 0. The van der Waals surface area contributed by atoms with E-state index >= 15 is 0 Å². The van der Waals surface area contributed by atoms with Crippen LogP contribution in [0.3, 0.4) is 0 Å². The molecule has 0 spiro atoms. The van der Waals surface area contributed by atoms with Gasteiger partial charge in [-0.05, 0) is 0 Å². The highest BCUT2D eigenvalue weighted by molar-refractivity contribution is 7.71. The maximum absolute atomic E-state index is 5.53. The predicted octanol–water partition coefficient (Wildman–Crippen LogP) is 2.74. The first-order valence-corrected chi connectivity index (χ1v) is 5.87. The Kier molecular flexibility index (Phi) is 5.54. The number of hydrogen-bond acceptors (Lipinski definition) is 6. The SMILES string of the molecule is Nc1c(Cl)[nH]cnc1=S.Nc1c(Cl)ncnc1Cl. The maximum atomic E-state index is 5.53. The summed E-state index contributed by atoms with van der Waals surface area (Å²) < 4.78 is 0.332. The molecule has 5 N–H and O–H groups in total. The molecule has 0 aromatic carbocycles. The van der Waals surface area contributed by atoms with Crippen LogP contribution in [-0.2, 0) is 0 Å². The number of nitrogens with zero attached hydrogens (tertiary/aromatic N) is 3. The molecule has 2 aromatic rings. The lowest BCUT2D eigenvalue weighted by Gasteiger charge is -1.94. The normalized spacial score (nSPS) is 9.50. The van der Waals surface area contributed by atoms with Gasteiger partial charge in [-0.3, -0.25) is 0 Å². The van der Waals surface area contributed by atoms with Crippen LogP contribution in [0.5, 0.6) is 0 Å². The fraction of sp³-hybridized carbons (Fsp3) is 0. The number of aromatic amines is 1. The van der Waals surface area contributed by atoms with Crippen molar-refractivity contribution in [3.05, 3.63) is 32.8 Å². The number of nitrogens with one attached hydrogen (secondary N) is 1. The van der Waals surface area contributed by atoms with E-state index in [0.29, 0.717) is 15.5 Å². The van der Waals surface area contributed by atoms with Gasteiger partial charge in [0.1, 0.15) is 22.9 Å². The molecule has 96 valence electrons. The predicted molar refractivity (Wildman–Crippen MR) is 75.3 cm³/mol. The number of nitrogen functional groups attached to an aromatic ring is 2. The molecule has 0 amide bonds. The van der Waals surface area contributed by atoms with Gasteiger partial charge in [0.05, 0.1) is 6.33 Å². The van der Waals surface area contributed by atoms with Crippen LogP contribution in [0.15, 0.2) is 12.7 Å². The molecule has 2 aromatic heterocycles. The Morgan fingerprint density at radius 3 is 1.94 bits per heavy atom. The third kappa shape index (κ3) is 3.95. The third-order valence-corrected chi connectivity index (χ3v) is 2.87. The summed E-state index contributed by atoms with van der Waals surface area (Å²) in [5.74, 6) is 0. The molecule has 2 rings (SSSR count). The molecule has 0 unspecified atom stereocenters. The number of aromatic nitrogens is 4. The van der Waals surface area contributed by atoms with Crippen molar-refractivity contribution in [3.63, 3.8) is 0 Å². The number of rotatable bonds is 0. The molecular weight excluding hydrogens is 319 g/mol. The molecule has 0 saturated carbocycles. The number of hydrogen-bond donors (Lipinski definition) is 3. The lowest BCUT2D eigenvalue weighted by atomic mass is 10.6. The van der Waals surface area contributed by atoms with E-state index in [4.69, 9.17) is 58.5 Å². The van der Waals surface area contributed by atoms with Crippen LogP contribution in [0.1, 0.15) is 0 Å². The van der Waals surface area contributed by atoms with Crippen LogP contribution in [0.2, 0.25) is 15.5 Å². The van der Waals surface area contributed by atoms with Gasteiger partial charge < -0.3 is 16.5 Å². The summed E-state index contributed by atoms with van der Waals surface area (Å²) in [5.41, 5.74) is 11.2. The minimum absolute atomic E-state index is 0.190. The van der Waals surface area contributed by atoms with E-state index in [0.717, 1.165) is 0 Å². The molecule has 18 heavy (non-hydrogen) atoms. The topological polar surface area (TPSA) is 106 Å². The highest BCUT2D eigenvalue weighted by Crippen LogP contribution is 2.20. The Bertz CT molecular complexity index is 581. The smallest absolute Gasteiger partial charge is 0.156 e. The summed E-state index contributed by atoms with van der Waals surface area (Å²) in [7, 11) is 0. The van der Waals surface area contributed by atoms with Crippen LogP contribution in [0.4, 0.5) is 11.4 Å². The monoisotopic (exact) mass is 324 g/mol. The molecule has 0 aliphatic heterocycles. The molecule has 10 heteroatoms. The standard InChI is InChI=1S/C4H3Cl2N3.C4H4ClN3S/c5-3-2(7)4(6)9-1-8-3;5-3-2(6)4(9)8-1-7-3/h1H,7H2;1H,6H2,(H,7,8,9). The zero-order chi connectivity index (χ0) is 13.7. The number of H-pyrrole nitrogens is 1. The molecular formula is C8H7Cl3N6S. The van der Waals surface area contributed by atoms with E-state index in [-0.39, 0.29) is 16.0 Å². The van der Waals surface area contributed by atoms with Crippen molar-refractivity contribution in [1.82, 2.24) is 19.9 Å². The van der Waals surface area contributed by atoms with Crippen LogP contribution >= 0.6 is 47.0 Å². The van der Waals surface area contributed by atoms with Crippen molar-refractivity contribution >= 4 is 58.4 Å². The minimum atomic E-state index is 0.190. The molecule has 0 radical (unpaired) electrons. The van der Waals surface area contributed by atoms with E-state index in [2.05, 4.69) is 19.9 Å². The van der Waals surface area contributed by atoms with Crippen molar-refractivity contribution in [2.24, 2.45) is 0 Å². The van der Waals surface area contributed by atoms with Crippen molar-refractivity contribution in [2.75, 3.05) is 11.5 Å². The molecule has 0 fully saturated rings. The summed E-state index contributed by atoms with van der Waals surface area (Å²) in [4.78, 5) is 13.5. The van der Waals surface area contributed by atoms with Gasteiger partial charge in [0, 0.05) is 0 Å². The van der Waals surface area contributed by atoms with Crippen LogP contribution in [0.25, 0.3) is 0 Å². The van der Waals surface area contributed by atoms with Crippen LogP contribution in [-0.4, -0.2) is 19.9 Å². The highest BCUT2D eigenvalue weighted by atomic mass is 35.5. The molecule has 0 atom stereocenters. The average molecular weight is 326 g/mol. The van der Waals surface area contributed by atoms with E-state index in [1.54, 1.807) is 0 Å². The van der Waals surface area contributed by atoms with E-state index in [1.807, 2.05) is 0 Å². The van der Waals surface area contributed by atoms with Crippen molar-refractivity contribution < 1.29 is 0 Å². The fourth-order valence-electron chi connectivity index (χ4n) is 0.743. The molecule has 0 bridgehead atoms. The molecule has 2 heterocycles. The average Bonchev–Trinajstić information content (AvgIpc) is 2.34. The lowest BCUT2D eigenvalue weighted by Crippen LogP contribution is -1.91. The maximum Gasteiger partial charge on any atom is 0.156 e. The Hall–Kier alpha value is -1.15. The second-order valence-corrected chi connectivity index (χ2v) is 4.28. The Morgan fingerprint density at radius 2 is 1.56 bits per heavy atom. The first-order valence-electron chi connectivity index (χ1n) is 4.33. The lowest BCUT2D eigenvalue weighted by molar-refractivity contribution is 1.16. The first-order chi connectivity index (χ1) is 8.43. The second kappa shape index (κ2) is 6.69. The molecule has 0 saturated heterocycles. The van der Waals surface area contributed by atoms with Gasteiger partial charge in [0.2, 0.25) is 0 Å². The van der Waals surface area contributed by atoms with Crippen LogP contribution < -0.4 is 11.5 Å². The van der Waals surface area contributed by atoms with Crippen molar-refractivity contribution in [2.45, 2.75) is 0 Å². The van der Waals surface area contributed by atoms with Gasteiger partial charge in [-0.15, -0.1) is 0 Å². The van der Waals surface area contributed by atoms with Gasteiger partial charge in [0.25, 0.3) is 0 Å². The van der Waals surface area contributed by atoms with E-state index in [1.165, 1.54) is 12.7 Å². The fourth-order valence-corrected chi connectivity index (χ4v) is 1.41. The van der Waals surface area contributed by atoms with Crippen LogP contribution in [0, 0.1) is 4.64 Å².